The topological polar surface area (TPSA) is 70.6 Å². The maximum absolute atomic E-state index is 14.2. The zero-order valence-corrected chi connectivity index (χ0v) is 19.5. The van der Waals surface area contributed by atoms with E-state index in [-0.39, 0.29) is 11.7 Å². The van der Waals surface area contributed by atoms with Gasteiger partial charge in [0.15, 0.2) is 11.6 Å². The summed E-state index contributed by atoms with van der Waals surface area (Å²) in [6, 6.07) is 10.7. The summed E-state index contributed by atoms with van der Waals surface area (Å²) in [6.07, 6.45) is 6.20. The molecule has 3 aromatic rings. The van der Waals surface area contributed by atoms with Gasteiger partial charge in [-0.1, -0.05) is 6.07 Å². The second kappa shape index (κ2) is 9.29. The van der Waals surface area contributed by atoms with Crippen LogP contribution in [0.2, 0.25) is 0 Å². The number of nitrogens with zero attached hydrogens (tertiary/aromatic N) is 4. The zero-order valence-electron chi connectivity index (χ0n) is 19.5. The number of hydrogen-bond acceptors (Lipinski definition) is 6. The van der Waals surface area contributed by atoms with Crippen LogP contribution < -0.4 is 15.0 Å². The molecule has 5 rings (SSSR count). The second-order valence-electron chi connectivity index (χ2n) is 8.82. The highest BCUT2D eigenvalue weighted by atomic mass is 19.1. The normalized spacial score (nSPS) is 15.4. The third kappa shape index (κ3) is 4.27. The Labute approximate surface area is 198 Å². The molecule has 1 saturated heterocycles. The number of aromatic nitrogens is 2. The molecule has 34 heavy (non-hydrogen) atoms. The van der Waals surface area contributed by atoms with E-state index in [1.54, 1.807) is 24.1 Å². The number of benzene rings is 1. The fraction of sp³-hybridized carbons (Fsp3) is 0.346. The first kappa shape index (κ1) is 22.1. The van der Waals surface area contributed by atoms with Gasteiger partial charge >= 0.3 is 0 Å². The molecule has 8 heteroatoms. The molecule has 2 aromatic heterocycles. The van der Waals surface area contributed by atoms with Crippen molar-refractivity contribution in [3.8, 4) is 5.75 Å². The van der Waals surface area contributed by atoms with Gasteiger partial charge in [0, 0.05) is 37.9 Å². The summed E-state index contributed by atoms with van der Waals surface area (Å²) in [5, 5.41) is 3.21. The smallest absolute Gasteiger partial charge is 0.257 e. The SMILES string of the molecule is COc1c(F)cccc1Nc1cc(Cc2ccc(N3CCCCC3)cn2)nc2c1C(=O)N(C)C2. The van der Waals surface area contributed by atoms with E-state index >= 15 is 0 Å². The number of carbonyl (C=O) groups excluding carboxylic acids is 1. The van der Waals surface area contributed by atoms with Gasteiger partial charge in [0.25, 0.3) is 5.91 Å². The number of piperidine rings is 1. The predicted octanol–water partition coefficient (Wildman–Crippen LogP) is 4.53. The maximum Gasteiger partial charge on any atom is 0.257 e. The molecule has 1 N–H and O–H groups in total. The highest BCUT2D eigenvalue weighted by Crippen LogP contribution is 2.35. The van der Waals surface area contributed by atoms with Crippen LogP contribution >= 0.6 is 0 Å². The van der Waals surface area contributed by atoms with E-state index in [9.17, 15) is 9.18 Å². The van der Waals surface area contributed by atoms with Crippen LogP contribution in [0.4, 0.5) is 21.5 Å². The number of rotatable bonds is 6. The maximum atomic E-state index is 14.2. The van der Waals surface area contributed by atoms with Crippen molar-refractivity contribution in [2.75, 3.05) is 37.5 Å². The second-order valence-corrected chi connectivity index (χ2v) is 8.82. The summed E-state index contributed by atoms with van der Waals surface area (Å²) in [7, 11) is 3.17. The first-order chi connectivity index (χ1) is 16.5. The molecule has 0 unspecified atom stereocenters. The first-order valence-electron chi connectivity index (χ1n) is 11.6. The first-order valence-corrected chi connectivity index (χ1v) is 11.6. The molecule has 4 heterocycles. The van der Waals surface area contributed by atoms with Crippen LogP contribution in [0.5, 0.6) is 5.75 Å². The number of halogens is 1. The van der Waals surface area contributed by atoms with E-state index < -0.39 is 5.82 Å². The number of ether oxygens (including phenoxy) is 1. The summed E-state index contributed by atoms with van der Waals surface area (Å²) in [6.45, 7) is 2.58. The zero-order chi connectivity index (χ0) is 23.7. The number of fused-ring (bicyclic) bond motifs is 1. The Balaban J connectivity index is 1.44. The number of pyridine rings is 2. The van der Waals surface area contributed by atoms with Crippen LogP contribution in [0.3, 0.4) is 0 Å². The Kier molecular flexibility index (Phi) is 6.04. The lowest BCUT2D eigenvalue weighted by Gasteiger charge is -2.28. The minimum atomic E-state index is -0.472. The van der Waals surface area contributed by atoms with Crippen LogP contribution in [0.1, 0.15) is 46.7 Å². The Hall–Kier alpha value is -3.68. The van der Waals surface area contributed by atoms with Gasteiger partial charge < -0.3 is 19.9 Å². The molecule has 1 amide bonds. The third-order valence-corrected chi connectivity index (χ3v) is 6.43. The molecule has 0 atom stereocenters. The van der Waals surface area contributed by atoms with E-state index in [0.29, 0.717) is 35.6 Å². The van der Waals surface area contributed by atoms with Gasteiger partial charge in [0.2, 0.25) is 0 Å². The van der Waals surface area contributed by atoms with Crippen molar-refractivity contribution in [1.82, 2.24) is 14.9 Å². The molecule has 0 bridgehead atoms. The van der Waals surface area contributed by atoms with Crippen molar-refractivity contribution < 1.29 is 13.9 Å². The van der Waals surface area contributed by atoms with E-state index in [1.807, 2.05) is 18.3 Å². The van der Waals surface area contributed by atoms with Crippen LogP contribution in [0.15, 0.2) is 42.6 Å². The van der Waals surface area contributed by atoms with Gasteiger partial charge in [0.05, 0.1) is 48.2 Å². The minimum absolute atomic E-state index is 0.100. The Morgan fingerprint density at radius 3 is 2.65 bits per heavy atom. The number of hydrogen-bond donors (Lipinski definition) is 1. The van der Waals surface area contributed by atoms with Crippen molar-refractivity contribution in [3.63, 3.8) is 0 Å². The molecule has 2 aliphatic heterocycles. The molecule has 0 radical (unpaired) electrons. The summed E-state index contributed by atoms with van der Waals surface area (Å²) in [4.78, 5) is 26.3. The molecule has 2 aliphatic rings. The van der Waals surface area contributed by atoms with Crippen molar-refractivity contribution in [2.24, 2.45) is 0 Å². The van der Waals surface area contributed by atoms with E-state index in [2.05, 4.69) is 21.3 Å². The van der Waals surface area contributed by atoms with Crippen molar-refractivity contribution in [1.29, 1.82) is 0 Å². The van der Waals surface area contributed by atoms with Crippen LogP contribution in [-0.4, -0.2) is 48.0 Å². The fourth-order valence-electron chi connectivity index (χ4n) is 4.69. The number of nitrogens with one attached hydrogen (secondary N) is 1. The van der Waals surface area contributed by atoms with Gasteiger partial charge in [0.1, 0.15) is 0 Å². The van der Waals surface area contributed by atoms with E-state index in [1.165, 1.54) is 32.4 Å². The largest absolute Gasteiger partial charge is 0.492 e. The highest BCUT2D eigenvalue weighted by Gasteiger charge is 2.30. The molecule has 0 aliphatic carbocycles. The molecule has 0 saturated carbocycles. The number of carbonyl (C=O) groups is 1. The van der Waals surface area contributed by atoms with Crippen molar-refractivity contribution >= 4 is 23.0 Å². The Morgan fingerprint density at radius 2 is 1.91 bits per heavy atom. The van der Waals surface area contributed by atoms with Crippen LogP contribution in [0.25, 0.3) is 0 Å². The summed E-state index contributed by atoms with van der Waals surface area (Å²) < 4.78 is 19.5. The van der Waals surface area contributed by atoms with Crippen molar-refractivity contribution in [2.45, 2.75) is 32.2 Å². The lowest BCUT2D eigenvalue weighted by atomic mass is 10.1. The minimum Gasteiger partial charge on any atom is -0.492 e. The van der Waals surface area contributed by atoms with E-state index in [0.717, 1.165) is 30.2 Å². The number of amides is 1. The van der Waals surface area contributed by atoms with Gasteiger partial charge in [-0.3, -0.25) is 14.8 Å². The lowest BCUT2D eigenvalue weighted by Crippen LogP contribution is -2.29. The summed E-state index contributed by atoms with van der Waals surface area (Å²) in [5.74, 6) is -0.487. The molecular weight excluding hydrogens is 433 g/mol. The fourth-order valence-corrected chi connectivity index (χ4v) is 4.69. The molecule has 176 valence electrons. The van der Waals surface area contributed by atoms with E-state index in [4.69, 9.17) is 9.72 Å². The van der Waals surface area contributed by atoms with Crippen LogP contribution in [-0.2, 0) is 13.0 Å². The lowest BCUT2D eigenvalue weighted by molar-refractivity contribution is 0.0817. The molecule has 7 nitrogen and oxygen atoms in total. The average Bonchev–Trinajstić information content (AvgIpc) is 3.13. The van der Waals surface area contributed by atoms with Gasteiger partial charge in [-0.2, -0.15) is 0 Å². The predicted molar refractivity (Wildman–Crippen MR) is 129 cm³/mol. The van der Waals surface area contributed by atoms with Gasteiger partial charge in [-0.15, -0.1) is 0 Å². The number of methoxy groups -OCH3 is 1. The standard InChI is InChI=1S/C26H28FN5O2/c1-31-16-23-24(26(31)33)22(30-21-8-6-7-20(27)25(21)34-2)14-18(29-23)13-17-9-10-19(15-28-17)32-11-4-3-5-12-32/h6-10,14-15H,3-5,11-13,16H2,1-2H3,(H,29,30). The summed E-state index contributed by atoms with van der Waals surface area (Å²) >= 11 is 0. The van der Waals surface area contributed by atoms with Gasteiger partial charge in [-0.25, -0.2) is 4.39 Å². The van der Waals surface area contributed by atoms with Crippen molar-refractivity contribution in [3.05, 3.63) is 71.1 Å². The average molecular weight is 462 g/mol. The Bertz CT molecular complexity index is 1210. The quantitative estimate of drug-likeness (QED) is 0.582. The summed E-state index contributed by atoms with van der Waals surface area (Å²) in [5.41, 5.74) is 5.09. The molecular formula is C26H28FN5O2. The third-order valence-electron chi connectivity index (χ3n) is 6.43. The highest BCUT2D eigenvalue weighted by molar-refractivity contribution is 6.03. The number of para-hydroxylation sites is 1. The molecule has 1 fully saturated rings. The Morgan fingerprint density at radius 1 is 1.09 bits per heavy atom. The van der Waals surface area contributed by atoms with Gasteiger partial charge in [-0.05, 0) is 49.6 Å². The van der Waals surface area contributed by atoms with Crippen LogP contribution in [0, 0.1) is 5.82 Å². The monoisotopic (exact) mass is 461 g/mol. The molecule has 1 aromatic carbocycles. The number of anilines is 3. The molecule has 0 spiro atoms.